The van der Waals surface area contributed by atoms with Gasteiger partial charge in [0.25, 0.3) is 11.1 Å². The fourth-order valence-electron chi connectivity index (χ4n) is 2.95. The van der Waals surface area contributed by atoms with E-state index in [9.17, 15) is 31.5 Å². The Morgan fingerprint density at radius 2 is 1.97 bits per heavy atom. The van der Waals surface area contributed by atoms with E-state index in [1.165, 1.54) is 19.9 Å². The second kappa shape index (κ2) is 9.22. The Balaban J connectivity index is 2.23. The molecule has 0 amide bonds. The van der Waals surface area contributed by atoms with Crippen molar-refractivity contribution in [2.45, 2.75) is 32.7 Å². The van der Waals surface area contributed by atoms with E-state index in [0.29, 0.717) is 10.9 Å². The second-order valence-electron chi connectivity index (χ2n) is 6.97. The number of hydrogen-bond acceptors (Lipinski definition) is 6. The van der Waals surface area contributed by atoms with Crippen molar-refractivity contribution in [3.8, 4) is 17.6 Å². The molecule has 0 aliphatic heterocycles. The molecule has 8 nitrogen and oxygen atoms in total. The largest absolute Gasteiger partial charge is 0.446 e. The predicted octanol–water partition coefficient (Wildman–Crippen LogP) is 3.81. The maximum Gasteiger partial charge on any atom is 0.352 e. The number of H-pyrrole nitrogens is 1. The van der Waals surface area contributed by atoms with E-state index in [1.54, 1.807) is 0 Å². The molecule has 34 heavy (non-hydrogen) atoms. The minimum absolute atomic E-state index is 0.0467. The van der Waals surface area contributed by atoms with Gasteiger partial charge in [-0.1, -0.05) is 11.6 Å². The first-order valence-corrected chi connectivity index (χ1v) is 9.63. The molecule has 2 aromatic heterocycles. The van der Waals surface area contributed by atoms with Gasteiger partial charge in [-0.15, -0.1) is 0 Å². The number of rotatable bonds is 6. The van der Waals surface area contributed by atoms with E-state index in [0.717, 1.165) is 12.1 Å². The molecule has 3 aromatic rings. The van der Waals surface area contributed by atoms with Gasteiger partial charge in [-0.05, 0) is 19.9 Å². The number of aromatic nitrogens is 4. The van der Waals surface area contributed by atoms with Gasteiger partial charge in [0.2, 0.25) is 5.75 Å². The van der Waals surface area contributed by atoms with Crippen molar-refractivity contribution in [1.82, 2.24) is 19.5 Å². The van der Waals surface area contributed by atoms with Crippen molar-refractivity contribution in [2.75, 3.05) is 0 Å². The Kier molecular flexibility index (Phi) is 6.74. The first kappa shape index (κ1) is 24.8. The van der Waals surface area contributed by atoms with E-state index in [4.69, 9.17) is 21.6 Å². The molecule has 0 aliphatic carbocycles. The Labute approximate surface area is 192 Å². The van der Waals surface area contributed by atoms with Gasteiger partial charge in [0.15, 0.2) is 17.3 Å². The van der Waals surface area contributed by atoms with Crippen LogP contribution in [0.25, 0.3) is 0 Å². The summed E-state index contributed by atoms with van der Waals surface area (Å²) >= 11 is 5.76. The third-order valence-electron chi connectivity index (χ3n) is 4.59. The monoisotopic (exact) mass is 501 g/mol. The normalized spacial score (nSPS) is 11.5. The van der Waals surface area contributed by atoms with Gasteiger partial charge < -0.3 is 9.72 Å². The van der Waals surface area contributed by atoms with Crippen LogP contribution in [0.3, 0.4) is 0 Å². The maximum atomic E-state index is 14.5. The number of nitrogens with one attached hydrogen (secondary N) is 1. The van der Waals surface area contributed by atoms with Crippen molar-refractivity contribution >= 4 is 11.6 Å². The number of alkyl halides is 4. The molecule has 0 saturated carbocycles. The number of aromatic amines is 1. The molecule has 0 unspecified atom stereocenters. The molecule has 0 saturated heterocycles. The summed E-state index contributed by atoms with van der Waals surface area (Å²) in [6.45, 7) is 2.42. The minimum Gasteiger partial charge on any atom is -0.446 e. The molecule has 0 atom stereocenters. The van der Waals surface area contributed by atoms with Crippen LogP contribution in [0, 0.1) is 31.0 Å². The Morgan fingerprint density at radius 1 is 1.29 bits per heavy atom. The van der Waals surface area contributed by atoms with Gasteiger partial charge in [0.1, 0.15) is 11.9 Å². The highest BCUT2D eigenvalue weighted by atomic mass is 35.5. The maximum absolute atomic E-state index is 14.5. The van der Waals surface area contributed by atoms with Crippen LogP contribution < -0.4 is 15.9 Å². The van der Waals surface area contributed by atoms with Crippen LogP contribution in [0.1, 0.15) is 28.3 Å². The lowest BCUT2D eigenvalue weighted by Gasteiger charge is -2.19. The zero-order valence-corrected chi connectivity index (χ0v) is 18.1. The minimum atomic E-state index is -4.96. The van der Waals surface area contributed by atoms with Crippen molar-refractivity contribution in [3.63, 3.8) is 0 Å². The van der Waals surface area contributed by atoms with Crippen LogP contribution in [0.2, 0.25) is 5.02 Å². The lowest BCUT2D eigenvalue weighted by atomic mass is 10.2. The molecule has 2 heterocycles. The number of nitriles is 1. The van der Waals surface area contributed by atoms with Gasteiger partial charge in [-0.25, -0.2) is 23.1 Å². The summed E-state index contributed by atoms with van der Waals surface area (Å²) in [6.07, 6.45) is -3.77. The average molecular weight is 502 g/mol. The van der Waals surface area contributed by atoms with Crippen molar-refractivity contribution in [1.29, 1.82) is 5.26 Å². The van der Waals surface area contributed by atoms with Gasteiger partial charge in [0, 0.05) is 16.8 Å². The summed E-state index contributed by atoms with van der Waals surface area (Å²) in [5.74, 6) is -8.44. The zero-order chi connectivity index (χ0) is 25.4. The highest BCUT2D eigenvalue weighted by molar-refractivity contribution is 6.30. The quantitative estimate of drug-likeness (QED) is 0.514. The third kappa shape index (κ3) is 4.62. The van der Waals surface area contributed by atoms with Crippen LogP contribution >= 0.6 is 11.6 Å². The molecule has 14 heteroatoms. The first-order chi connectivity index (χ1) is 15.9. The summed E-state index contributed by atoms with van der Waals surface area (Å²) in [7, 11) is 0. The lowest BCUT2D eigenvalue weighted by molar-refractivity contribution is -0.139. The molecule has 3 rings (SSSR count). The van der Waals surface area contributed by atoms with Crippen LogP contribution in [0.4, 0.5) is 22.0 Å². The molecule has 0 bridgehead atoms. The Bertz CT molecular complexity index is 1430. The highest BCUT2D eigenvalue weighted by Gasteiger charge is 2.48. The molecule has 0 radical (unpaired) electrons. The van der Waals surface area contributed by atoms with Crippen molar-refractivity contribution < 1.29 is 26.7 Å². The van der Waals surface area contributed by atoms with Crippen LogP contribution in [-0.2, 0) is 12.5 Å². The highest BCUT2D eigenvalue weighted by Crippen LogP contribution is 2.39. The summed E-state index contributed by atoms with van der Waals surface area (Å²) in [6, 6.07) is 3.11. The Hall–Kier alpha value is -3.79. The third-order valence-corrected chi connectivity index (χ3v) is 4.81. The Morgan fingerprint density at radius 3 is 2.56 bits per heavy atom. The van der Waals surface area contributed by atoms with Crippen LogP contribution in [-0.4, -0.2) is 25.9 Å². The van der Waals surface area contributed by atoms with Crippen LogP contribution in [0.15, 0.2) is 28.0 Å². The standard InChI is InChI=1S/C20H13ClF5N5O3/c1-8-12(17(32)30-9(2)29-8)6-31-7-28-16(20(25,26)19(23)24)15(18(31)33)34-13-4-11(21)3-10(5-27)14(13)22/h3-4,7,19H,6H2,1-2H3,(H,29,30,32). The molecule has 0 spiro atoms. The topological polar surface area (TPSA) is 114 Å². The lowest BCUT2D eigenvalue weighted by Crippen LogP contribution is -2.33. The predicted molar refractivity (Wildman–Crippen MR) is 108 cm³/mol. The fourth-order valence-corrected chi connectivity index (χ4v) is 3.16. The van der Waals surface area contributed by atoms with Crippen molar-refractivity contribution in [2.24, 2.45) is 0 Å². The number of nitrogens with zero attached hydrogens (tertiary/aromatic N) is 4. The zero-order valence-electron chi connectivity index (χ0n) is 17.3. The van der Waals surface area contributed by atoms with E-state index < -0.39 is 58.6 Å². The van der Waals surface area contributed by atoms with E-state index in [1.807, 2.05) is 0 Å². The fraction of sp³-hybridized carbons (Fsp3) is 0.250. The van der Waals surface area contributed by atoms with E-state index >= 15 is 0 Å². The summed E-state index contributed by atoms with van der Waals surface area (Å²) in [5.41, 5.74) is -4.33. The van der Waals surface area contributed by atoms with E-state index in [2.05, 4.69) is 15.0 Å². The second-order valence-corrected chi connectivity index (χ2v) is 7.41. The number of hydrogen-bond donors (Lipinski definition) is 1. The van der Waals surface area contributed by atoms with Gasteiger partial charge >= 0.3 is 12.3 Å². The SMILES string of the molecule is Cc1nc(C)c(Cn2cnc(C(F)(F)C(F)F)c(Oc3cc(Cl)cc(C#N)c3F)c2=O)c(=O)[nH]1. The summed E-state index contributed by atoms with van der Waals surface area (Å²) < 4.78 is 74.6. The molecule has 0 aliphatic rings. The average Bonchev–Trinajstić information content (AvgIpc) is 2.74. The van der Waals surface area contributed by atoms with Gasteiger partial charge in [-0.2, -0.15) is 14.0 Å². The molecule has 1 aromatic carbocycles. The number of aryl methyl sites for hydroxylation is 2. The molecular formula is C20H13ClF5N5O3. The molecule has 0 fully saturated rings. The van der Waals surface area contributed by atoms with E-state index in [-0.39, 0.29) is 22.1 Å². The smallest absolute Gasteiger partial charge is 0.352 e. The number of ether oxygens (including phenoxy) is 1. The molecule has 178 valence electrons. The van der Waals surface area contributed by atoms with Crippen molar-refractivity contribution in [3.05, 3.63) is 78.3 Å². The molecule has 1 N–H and O–H groups in total. The first-order valence-electron chi connectivity index (χ1n) is 9.26. The number of benzene rings is 1. The van der Waals surface area contributed by atoms with Crippen LogP contribution in [0.5, 0.6) is 11.5 Å². The van der Waals surface area contributed by atoms with Gasteiger partial charge in [0.05, 0.1) is 24.0 Å². The van der Waals surface area contributed by atoms with Gasteiger partial charge in [-0.3, -0.25) is 14.2 Å². The summed E-state index contributed by atoms with van der Waals surface area (Å²) in [5, 5.41) is 8.73. The number of halogens is 6. The summed E-state index contributed by atoms with van der Waals surface area (Å²) in [4.78, 5) is 34.9. The molecular weight excluding hydrogens is 489 g/mol.